The molecule has 6 nitrogen and oxygen atoms in total. The van der Waals surface area contributed by atoms with Gasteiger partial charge in [-0.25, -0.2) is 4.98 Å². The molecule has 0 saturated heterocycles. The summed E-state index contributed by atoms with van der Waals surface area (Å²) in [5.41, 5.74) is 0.796. The first-order valence-corrected chi connectivity index (χ1v) is 7.42. The smallest absolute Gasteiger partial charge is 0.271 e. The third-order valence-corrected chi connectivity index (χ3v) is 4.38. The van der Waals surface area contributed by atoms with Crippen LogP contribution in [0.2, 0.25) is 0 Å². The molecule has 21 heavy (non-hydrogen) atoms. The zero-order valence-electron chi connectivity index (χ0n) is 11.6. The molecule has 1 aliphatic carbocycles. The number of amides is 1. The summed E-state index contributed by atoms with van der Waals surface area (Å²) in [5.74, 6) is -0.0742. The number of carbonyl (C=O) groups is 3. The summed E-state index contributed by atoms with van der Waals surface area (Å²) in [6.45, 7) is 0.633. The van der Waals surface area contributed by atoms with Crippen LogP contribution in [0.4, 0.5) is 0 Å². The number of ketones is 2. The van der Waals surface area contributed by atoms with Crippen molar-refractivity contribution < 1.29 is 14.4 Å². The summed E-state index contributed by atoms with van der Waals surface area (Å²) in [7, 11) is 3.22. The van der Waals surface area contributed by atoms with Crippen LogP contribution in [-0.4, -0.2) is 53.8 Å². The number of aromatic nitrogens is 1. The minimum Gasteiger partial charge on any atom is -0.380 e. The number of hydrogen-bond donors (Lipinski definition) is 1. The highest BCUT2D eigenvalue weighted by Gasteiger charge is 2.35. The van der Waals surface area contributed by atoms with Gasteiger partial charge in [-0.3, -0.25) is 14.4 Å². The van der Waals surface area contributed by atoms with Crippen molar-refractivity contribution in [3.05, 3.63) is 39.7 Å². The van der Waals surface area contributed by atoms with Gasteiger partial charge in [0.25, 0.3) is 5.91 Å². The van der Waals surface area contributed by atoms with Gasteiger partial charge in [0.2, 0.25) is 11.6 Å². The summed E-state index contributed by atoms with van der Waals surface area (Å²) < 4.78 is 0. The molecule has 0 bridgehead atoms. The summed E-state index contributed by atoms with van der Waals surface area (Å²) >= 11 is 1.38. The minimum atomic E-state index is -0.319. The molecular weight excluding hydrogens is 290 g/mol. The van der Waals surface area contributed by atoms with Gasteiger partial charge in [0.1, 0.15) is 17.1 Å². The molecule has 2 aliphatic rings. The van der Waals surface area contributed by atoms with Crippen LogP contribution in [0.15, 0.2) is 22.7 Å². The van der Waals surface area contributed by atoms with Gasteiger partial charge in [0.05, 0.1) is 10.5 Å². The van der Waals surface area contributed by atoms with E-state index in [0.29, 0.717) is 17.1 Å². The Hall–Kier alpha value is -2.15. The SMILES string of the molecule is CN(C)C(=O)c1ccc2c(n1)C(=O)C1=C(SCCN1)C2=O. The summed E-state index contributed by atoms with van der Waals surface area (Å²) in [6, 6.07) is 3.00. The molecule has 0 aromatic carbocycles. The molecule has 1 amide bonds. The number of rotatable bonds is 1. The lowest BCUT2D eigenvalue weighted by atomic mass is 9.96. The topological polar surface area (TPSA) is 79.4 Å². The lowest BCUT2D eigenvalue weighted by Crippen LogP contribution is -2.35. The standard InChI is InChI=1S/C14H13N3O3S/c1-17(2)14(20)8-4-3-7-9(16-8)12(19)10-13(11(7)18)21-6-5-15-10/h3-4,15H,5-6H2,1-2H3. The summed E-state index contributed by atoms with van der Waals surface area (Å²) in [4.78, 5) is 42.8. The highest BCUT2D eigenvalue weighted by Crippen LogP contribution is 2.33. The Morgan fingerprint density at radius 3 is 2.76 bits per heavy atom. The average molecular weight is 303 g/mol. The van der Waals surface area contributed by atoms with E-state index >= 15 is 0 Å². The molecule has 1 aromatic heterocycles. The van der Waals surface area contributed by atoms with Crippen molar-refractivity contribution in [2.24, 2.45) is 0 Å². The van der Waals surface area contributed by atoms with E-state index in [9.17, 15) is 14.4 Å². The van der Waals surface area contributed by atoms with Gasteiger partial charge in [-0.1, -0.05) is 0 Å². The van der Waals surface area contributed by atoms with Crippen molar-refractivity contribution in [1.29, 1.82) is 0 Å². The van der Waals surface area contributed by atoms with Gasteiger partial charge in [-0.15, -0.1) is 11.8 Å². The van der Waals surface area contributed by atoms with Crippen LogP contribution in [-0.2, 0) is 0 Å². The molecule has 0 fully saturated rings. The van der Waals surface area contributed by atoms with E-state index in [1.807, 2.05) is 0 Å². The third kappa shape index (κ3) is 2.13. The third-order valence-electron chi connectivity index (χ3n) is 3.29. The second-order valence-electron chi connectivity index (χ2n) is 4.93. The molecule has 3 rings (SSSR count). The predicted octanol–water partition coefficient (Wildman–Crippen LogP) is 0.710. The number of nitrogens with zero attached hydrogens (tertiary/aromatic N) is 2. The van der Waals surface area contributed by atoms with Crippen LogP contribution in [0.5, 0.6) is 0 Å². The first-order valence-electron chi connectivity index (χ1n) is 6.43. The van der Waals surface area contributed by atoms with Gasteiger partial charge in [0, 0.05) is 26.4 Å². The zero-order chi connectivity index (χ0) is 15.1. The second-order valence-corrected chi connectivity index (χ2v) is 6.04. The maximum atomic E-state index is 12.5. The van der Waals surface area contributed by atoms with E-state index in [1.165, 1.54) is 28.8 Å². The Kier molecular flexibility index (Phi) is 3.29. The van der Waals surface area contributed by atoms with Crippen molar-refractivity contribution >= 4 is 29.2 Å². The Morgan fingerprint density at radius 2 is 2.05 bits per heavy atom. The van der Waals surface area contributed by atoms with Crippen molar-refractivity contribution in [2.75, 3.05) is 26.4 Å². The van der Waals surface area contributed by atoms with Crippen molar-refractivity contribution in [3.63, 3.8) is 0 Å². The molecule has 1 N–H and O–H groups in total. The molecule has 1 aliphatic heterocycles. The van der Waals surface area contributed by atoms with E-state index in [4.69, 9.17) is 0 Å². The summed E-state index contributed by atoms with van der Waals surface area (Å²) in [5, 5.41) is 2.97. The first kappa shape index (κ1) is 13.8. The fraction of sp³-hybridized carbons (Fsp3) is 0.286. The first-order chi connectivity index (χ1) is 10.0. The van der Waals surface area contributed by atoms with E-state index in [1.54, 1.807) is 14.1 Å². The van der Waals surface area contributed by atoms with E-state index in [0.717, 1.165) is 5.75 Å². The largest absolute Gasteiger partial charge is 0.380 e. The number of pyridine rings is 1. The fourth-order valence-electron chi connectivity index (χ4n) is 2.25. The van der Waals surface area contributed by atoms with E-state index in [2.05, 4.69) is 10.3 Å². The Bertz CT molecular complexity index is 709. The Balaban J connectivity index is 2.10. The molecular formula is C14H13N3O3S. The fourth-order valence-corrected chi connectivity index (χ4v) is 3.21. The number of fused-ring (bicyclic) bond motifs is 1. The number of hydrogen-bond acceptors (Lipinski definition) is 6. The molecule has 0 radical (unpaired) electrons. The van der Waals surface area contributed by atoms with E-state index < -0.39 is 0 Å². The molecule has 108 valence electrons. The van der Waals surface area contributed by atoms with Crippen LogP contribution < -0.4 is 5.32 Å². The highest BCUT2D eigenvalue weighted by molar-refractivity contribution is 8.04. The Labute approximate surface area is 125 Å². The number of carbonyl (C=O) groups excluding carboxylic acids is 3. The van der Waals surface area contributed by atoms with Crippen LogP contribution >= 0.6 is 11.8 Å². The summed E-state index contributed by atoms with van der Waals surface area (Å²) in [6.07, 6.45) is 0. The highest BCUT2D eigenvalue weighted by atomic mass is 32.2. The van der Waals surface area contributed by atoms with Gasteiger partial charge in [-0.05, 0) is 12.1 Å². The molecule has 0 atom stereocenters. The quantitative estimate of drug-likeness (QED) is 0.823. The number of Topliss-reactive ketones (excluding diaryl/α,β-unsaturated/α-hetero) is 2. The van der Waals surface area contributed by atoms with Crippen LogP contribution in [0.25, 0.3) is 0 Å². The van der Waals surface area contributed by atoms with Crippen LogP contribution in [0.1, 0.15) is 31.3 Å². The van der Waals surface area contributed by atoms with Gasteiger partial charge in [0.15, 0.2) is 0 Å². The molecule has 1 aromatic rings. The van der Waals surface area contributed by atoms with Gasteiger partial charge < -0.3 is 10.2 Å². The Morgan fingerprint density at radius 1 is 1.29 bits per heavy atom. The van der Waals surface area contributed by atoms with Crippen LogP contribution in [0.3, 0.4) is 0 Å². The van der Waals surface area contributed by atoms with Gasteiger partial charge in [-0.2, -0.15) is 0 Å². The lowest BCUT2D eigenvalue weighted by Gasteiger charge is -2.24. The van der Waals surface area contributed by atoms with Crippen LogP contribution in [0, 0.1) is 0 Å². The number of thioether (sulfide) groups is 1. The van der Waals surface area contributed by atoms with Gasteiger partial charge >= 0.3 is 0 Å². The normalized spacial score (nSPS) is 17.0. The predicted molar refractivity (Wildman–Crippen MR) is 78.4 cm³/mol. The van der Waals surface area contributed by atoms with Crippen molar-refractivity contribution in [3.8, 4) is 0 Å². The maximum absolute atomic E-state index is 12.5. The maximum Gasteiger partial charge on any atom is 0.271 e. The minimum absolute atomic E-state index is 0.0569. The molecule has 7 heteroatoms. The number of allylic oxidation sites excluding steroid dienone is 2. The molecule has 0 spiro atoms. The van der Waals surface area contributed by atoms with E-state index in [-0.39, 0.29) is 34.4 Å². The second kappa shape index (κ2) is 5.00. The molecule has 2 heterocycles. The monoisotopic (exact) mass is 303 g/mol. The molecule has 0 saturated carbocycles. The zero-order valence-corrected chi connectivity index (χ0v) is 12.4. The van der Waals surface area contributed by atoms with Crippen molar-refractivity contribution in [2.45, 2.75) is 0 Å². The number of nitrogens with one attached hydrogen (secondary N) is 1. The molecule has 0 unspecified atom stereocenters. The average Bonchev–Trinajstić information content (AvgIpc) is 2.51. The van der Waals surface area contributed by atoms with Crippen molar-refractivity contribution in [1.82, 2.24) is 15.2 Å². The lowest BCUT2D eigenvalue weighted by molar-refractivity contribution is 0.0821.